The highest BCUT2D eigenvalue weighted by atomic mass is 16.6. The minimum absolute atomic E-state index is 0.315. The fourth-order valence-corrected chi connectivity index (χ4v) is 1.94. The number of aliphatic hydroxyl groups excluding tert-OH is 1. The molecule has 2 rings (SSSR count). The molecule has 4 heteroatoms. The summed E-state index contributed by atoms with van der Waals surface area (Å²) in [5, 5.41) is 9.15. The number of aliphatic hydroxyl groups is 1. The molecule has 110 valence electrons. The zero-order valence-electron chi connectivity index (χ0n) is 12.1. The predicted octanol–water partition coefficient (Wildman–Crippen LogP) is 3.25. The van der Waals surface area contributed by atoms with Gasteiger partial charge in [-0.1, -0.05) is 24.3 Å². The molecule has 2 aromatic rings. The minimum Gasteiger partial charge on any atom is -0.465 e. The van der Waals surface area contributed by atoms with Crippen molar-refractivity contribution in [1.82, 2.24) is 0 Å². The maximum absolute atomic E-state index is 11.6. The molecule has 2 aromatic carbocycles. The number of carbonyl (C=O) groups excluding carboxylic acids is 1. The molecule has 0 saturated heterocycles. The molecule has 1 unspecified atom stereocenters. The van der Waals surface area contributed by atoms with Crippen LogP contribution in [0.15, 0.2) is 48.5 Å². The average molecular weight is 286 g/mol. The molecule has 0 aliphatic rings. The Bertz CT molecular complexity index is 585. The Kier molecular flexibility index (Phi) is 4.95. The van der Waals surface area contributed by atoms with Gasteiger partial charge in [0.15, 0.2) is 6.29 Å². The second-order valence-electron chi connectivity index (χ2n) is 4.54. The lowest BCUT2D eigenvalue weighted by Crippen LogP contribution is -2.09. The third kappa shape index (κ3) is 4.07. The average Bonchev–Trinajstić information content (AvgIpc) is 2.48. The van der Waals surface area contributed by atoms with Gasteiger partial charge in [0.05, 0.1) is 12.2 Å². The van der Waals surface area contributed by atoms with Crippen LogP contribution in [-0.2, 0) is 4.74 Å². The molecule has 0 heterocycles. The summed E-state index contributed by atoms with van der Waals surface area (Å²) < 4.78 is 10.1. The summed E-state index contributed by atoms with van der Waals surface area (Å²) in [5.41, 5.74) is 2.53. The number of ether oxygens (including phenoxy) is 2. The molecule has 0 bridgehead atoms. The molecule has 0 spiro atoms. The van der Waals surface area contributed by atoms with E-state index in [0.717, 1.165) is 11.1 Å². The molecule has 1 N–H and O–H groups in total. The highest BCUT2D eigenvalue weighted by Gasteiger charge is 2.06. The van der Waals surface area contributed by atoms with Gasteiger partial charge >= 0.3 is 5.97 Å². The van der Waals surface area contributed by atoms with Gasteiger partial charge in [-0.25, -0.2) is 4.79 Å². The summed E-state index contributed by atoms with van der Waals surface area (Å²) in [6, 6.07) is 14.6. The van der Waals surface area contributed by atoms with Crippen molar-refractivity contribution in [3.63, 3.8) is 0 Å². The first-order valence-electron chi connectivity index (χ1n) is 6.82. The van der Waals surface area contributed by atoms with E-state index in [2.05, 4.69) is 0 Å². The van der Waals surface area contributed by atoms with Gasteiger partial charge in [0.1, 0.15) is 5.75 Å². The van der Waals surface area contributed by atoms with E-state index in [9.17, 15) is 4.79 Å². The molecule has 21 heavy (non-hydrogen) atoms. The number of hydrogen-bond acceptors (Lipinski definition) is 4. The lowest BCUT2D eigenvalue weighted by Gasteiger charge is -2.09. The summed E-state index contributed by atoms with van der Waals surface area (Å²) in [4.78, 5) is 11.6. The molecular weight excluding hydrogens is 268 g/mol. The maximum atomic E-state index is 11.6. The number of rotatable bonds is 5. The molecule has 0 aromatic heterocycles. The highest BCUT2D eigenvalue weighted by Crippen LogP contribution is 2.23. The first-order chi connectivity index (χ1) is 10.1. The Balaban J connectivity index is 2.13. The van der Waals surface area contributed by atoms with Crippen LogP contribution in [0.2, 0.25) is 0 Å². The number of hydrogen-bond donors (Lipinski definition) is 1. The van der Waals surface area contributed by atoms with Crippen molar-refractivity contribution in [1.29, 1.82) is 0 Å². The number of esters is 1. The fraction of sp³-hybridized carbons (Fsp3) is 0.235. The second kappa shape index (κ2) is 6.90. The van der Waals surface area contributed by atoms with Crippen molar-refractivity contribution in [2.24, 2.45) is 0 Å². The van der Waals surface area contributed by atoms with Gasteiger partial charge in [-0.2, -0.15) is 0 Å². The standard InChI is InChI=1S/C17H18O4/c1-3-20-17(19)15-6-4-13(5-7-15)14-8-10-16(11-9-14)21-12(2)18/h4-12,18H,3H2,1-2H3. The van der Waals surface area contributed by atoms with Gasteiger partial charge in [-0.3, -0.25) is 0 Å². The largest absolute Gasteiger partial charge is 0.465 e. The normalized spacial score (nSPS) is 11.8. The summed E-state index contributed by atoms with van der Waals surface area (Å²) in [7, 11) is 0. The van der Waals surface area contributed by atoms with E-state index in [0.29, 0.717) is 17.9 Å². The van der Waals surface area contributed by atoms with E-state index in [-0.39, 0.29) is 5.97 Å². The molecule has 0 amide bonds. The summed E-state index contributed by atoms with van der Waals surface area (Å²) in [5.74, 6) is 0.293. The molecule has 4 nitrogen and oxygen atoms in total. The zero-order chi connectivity index (χ0) is 15.2. The minimum atomic E-state index is -0.834. The van der Waals surface area contributed by atoms with Crippen molar-refractivity contribution < 1.29 is 19.4 Å². The van der Waals surface area contributed by atoms with Crippen LogP contribution in [0.5, 0.6) is 5.75 Å². The van der Waals surface area contributed by atoms with Gasteiger partial charge in [0, 0.05) is 0 Å². The summed E-state index contributed by atoms with van der Waals surface area (Å²) >= 11 is 0. The Morgan fingerprint density at radius 2 is 1.57 bits per heavy atom. The van der Waals surface area contributed by atoms with Gasteiger partial charge in [-0.05, 0) is 49.2 Å². The van der Waals surface area contributed by atoms with Crippen LogP contribution in [0.3, 0.4) is 0 Å². The lowest BCUT2D eigenvalue weighted by molar-refractivity contribution is -0.000291. The van der Waals surface area contributed by atoms with Crippen LogP contribution in [0.25, 0.3) is 11.1 Å². The first kappa shape index (κ1) is 15.1. The van der Waals surface area contributed by atoms with E-state index in [4.69, 9.17) is 14.6 Å². The van der Waals surface area contributed by atoms with E-state index < -0.39 is 6.29 Å². The van der Waals surface area contributed by atoms with Crippen LogP contribution in [0.1, 0.15) is 24.2 Å². The monoisotopic (exact) mass is 286 g/mol. The van der Waals surface area contributed by atoms with Gasteiger partial charge < -0.3 is 14.6 Å². The molecule has 0 fully saturated rings. The van der Waals surface area contributed by atoms with E-state index in [1.807, 2.05) is 24.3 Å². The van der Waals surface area contributed by atoms with E-state index in [1.165, 1.54) is 0 Å². The van der Waals surface area contributed by atoms with Crippen molar-refractivity contribution >= 4 is 5.97 Å². The van der Waals surface area contributed by atoms with E-state index in [1.54, 1.807) is 38.1 Å². The third-order valence-corrected chi connectivity index (χ3v) is 2.89. The quantitative estimate of drug-likeness (QED) is 0.677. The fourth-order valence-electron chi connectivity index (χ4n) is 1.94. The SMILES string of the molecule is CCOC(=O)c1ccc(-c2ccc(OC(C)O)cc2)cc1. The molecule has 0 aliphatic carbocycles. The molecule has 0 aliphatic heterocycles. The Morgan fingerprint density at radius 1 is 1.05 bits per heavy atom. The topological polar surface area (TPSA) is 55.8 Å². The second-order valence-corrected chi connectivity index (χ2v) is 4.54. The van der Waals surface area contributed by atoms with Crippen molar-refractivity contribution in [2.75, 3.05) is 6.61 Å². The van der Waals surface area contributed by atoms with Gasteiger partial charge in [-0.15, -0.1) is 0 Å². The number of benzene rings is 2. The molecular formula is C17H18O4. The van der Waals surface area contributed by atoms with Crippen LogP contribution in [0.4, 0.5) is 0 Å². The number of carbonyl (C=O) groups is 1. The van der Waals surface area contributed by atoms with E-state index >= 15 is 0 Å². The Hall–Kier alpha value is -2.33. The molecule has 0 saturated carbocycles. The highest BCUT2D eigenvalue weighted by molar-refractivity contribution is 5.90. The van der Waals surface area contributed by atoms with Gasteiger partial charge in [0.2, 0.25) is 0 Å². The lowest BCUT2D eigenvalue weighted by atomic mass is 10.0. The van der Waals surface area contributed by atoms with Crippen LogP contribution in [0, 0.1) is 0 Å². The molecule has 0 radical (unpaired) electrons. The summed E-state index contributed by atoms with van der Waals surface area (Å²) in [6.45, 7) is 3.70. The van der Waals surface area contributed by atoms with Crippen molar-refractivity contribution in [3.05, 3.63) is 54.1 Å². The third-order valence-electron chi connectivity index (χ3n) is 2.89. The van der Waals surface area contributed by atoms with Crippen LogP contribution < -0.4 is 4.74 Å². The van der Waals surface area contributed by atoms with Crippen LogP contribution >= 0.6 is 0 Å². The van der Waals surface area contributed by atoms with Crippen molar-refractivity contribution in [3.8, 4) is 16.9 Å². The van der Waals surface area contributed by atoms with Gasteiger partial charge in [0.25, 0.3) is 0 Å². The predicted molar refractivity (Wildman–Crippen MR) is 80.1 cm³/mol. The maximum Gasteiger partial charge on any atom is 0.338 e. The smallest absolute Gasteiger partial charge is 0.338 e. The Morgan fingerprint density at radius 3 is 2.05 bits per heavy atom. The first-order valence-corrected chi connectivity index (χ1v) is 6.82. The summed E-state index contributed by atoms with van der Waals surface area (Å²) in [6.07, 6.45) is -0.834. The Labute approximate surface area is 123 Å². The molecule has 1 atom stereocenters. The van der Waals surface area contributed by atoms with Crippen molar-refractivity contribution in [2.45, 2.75) is 20.1 Å². The zero-order valence-corrected chi connectivity index (χ0v) is 12.1. The van der Waals surface area contributed by atoms with Crippen LogP contribution in [-0.4, -0.2) is 24.0 Å².